The third kappa shape index (κ3) is 2.36. The van der Waals surface area contributed by atoms with E-state index in [0.29, 0.717) is 11.4 Å². The van der Waals surface area contributed by atoms with E-state index < -0.39 is 0 Å². The van der Waals surface area contributed by atoms with Gasteiger partial charge in [0.15, 0.2) is 0 Å². The Kier molecular flexibility index (Phi) is 3.08. The molecular weight excluding hydrogens is 232 g/mol. The van der Waals surface area contributed by atoms with Crippen LogP contribution in [0.1, 0.15) is 0 Å². The van der Waals surface area contributed by atoms with Crippen LogP contribution in [0.5, 0.6) is 0 Å². The number of nitrogens with zero attached hydrogens (tertiary/aromatic N) is 3. The summed E-state index contributed by atoms with van der Waals surface area (Å²) in [5.74, 6) is -0.127. The van der Waals surface area contributed by atoms with Crippen LogP contribution in [0, 0.1) is 22.7 Å². The van der Waals surface area contributed by atoms with Crippen molar-refractivity contribution in [1.29, 1.82) is 10.5 Å². The van der Waals surface area contributed by atoms with Crippen molar-refractivity contribution >= 4 is 28.7 Å². The molecule has 7 nitrogen and oxygen atoms in total. The van der Waals surface area contributed by atoms with Gasteiger partial charge in [-0.2, -0.15) is 15.6 Å². The van der Waals surface area contributed by atoms with Gasteiger partial charge in [-0.15, -0.1) is 0 Å². The third-order valence-electron chi connectivity index (χ3n) is 2.24. The molecule has 88 valence electrons. The van der Waals surface area contributed by atoms with Crippen molar-refractivity contribution in [1.82, 2.24) is 0 Å². The first kappa shape index (κ1) is 11.4. The standard InChI is InChI=1S/C11H8N6O/c12-4-8(5-13)17-16-7-1-2-9-10(3-7)15-11(18)6-14-9/h1-3,14,16H,6H2,(H,15,18). The van der Waals surface area contributed by atoms with Gasteiger partial charge in [-0.05, 0) is 18.2 Å². The molecule has 0 spiro atoms. The molecule has 0 saturated carbocycles. The zero-order valence-electron chi connectivity index (χ0n) is 9.19. The number of hydrogen-bond donors (Lipinski definition) is 3. The molecule has 18 heavy (non-hydrogen) atoms. The number of carbonyl (C=O) groups excluding carboxylic acids is 1. The first-order chi connectivity index (χ1) is 8.72. The summed E-state index contributed by atoms with van der Waals surface area (Å²) < 4.78 is 0. The number of nitrogens with one attached hydrogen (secondary N) is 3. The van der Waals surface area contributed by atoms with Crippen molar-refractivity contribution in [2.24, 2.45) is 5.10 Å². The van der Waals surface area contributed by atoms with E-state index in [0.717, 1.165) is 5.69 Å². The highest BCUT2D eigenvalue weighted by Crippen LogP contribution is 2.27. The van der Waals surface area contributed by atoms with E-state index in [1.54, 1.807) is 30.3 Å². The molecule has 1 aromatic carbocycles. The fourth-order valence-corrected chi connectivity index (χ4v) is 1.44. The fraction of sp³-hybridized carbons (Fsp3) is 0.0909. The number of nitriles is 2. The molecule has 0 unspecified atom stereocenters. The summed E-state index contributed by atoms with van der Waals surface area (Å²) in [5, 5.41) is 26.3. The Labute approximate surface area is 103 Å². The Hall–Kier alpha value is -3.06. The highest BCUT2D eigenvalue weighted by molar-refractivity contribution is 6.10. The van der Waals surface area contributed by atoms with E-state index in [2.05, 4.69) is 21.2 Å². The van der Waals surface area contributed by atoms with Crippen LogP contribution < -0.4 is 16.1 Å². The predicted octanol–water partition coefficient (Wildman–Crippen LogP) is 0.866. The lowest BCUT2D eigenvalue weighted by Crippen LogP contribution is -2.27. The predicted molar refractivity (Wildman–Crippen MR) is 65.8 cm³/mol. The van der Waals surface area contributed by atoms with Crippen molar-refractivity contribution in [3.05, 3.63) is 18.2 Å². The summed E-state index contributed by atoms with van der Waals surface area (Å²) in [6, 6.07) is 8.42. The molecule has 1 aliphatic heterocycles. The minimum Gasteiger partial charge on any atom is -0.374 e. The summed E-state index contributed by atoms with van der Waals surface area (Å²) in [7, 11) is 0. The van der Waals surface area contributed by atoms with E-state index in [1.807, 2.05) is 0 Å². The number of benzene rings is 1. The number of carbonyl (C=O) groups is 1. The maximum absolute atomic E-state index is 11.2. The van der Waals surface area contributed by atoms with Crippen LogP contribution in [0.25, 0.3) is 0 Å². The first-order valence-electron chi connectivity index (χ1n) is 5.04. The minimum absolute atomic E-state index is 0.127. The minimum atomic E-state index is -0.269. The Morgan fingerprint density at radius 3 is 2.83 bits per heavy atom. The molecular formula is C11H8N6O. The molecule has 0 fully saturated rings. The number of amides is 1. The molecule has 1 amide bonds. The van der Waals surface area contributed by atoms with Gasteiger partial charge < -0.3 is 10.6 Å². The van der Waals surface area contributed by atoms with Crippen LogP contribution in [0.3, 0.4) is 0 Å². The van der Waals surface area contributed by atoms with Gasteiger partial charge in [0, 0.05) is 0 Å². The first-order valence-corrected chi connectivity index (χ1v) is 5.04. The summed E-state index contributed by atoms with van der Waals surface area (Å²) in [6.07, 6.45) is 0. The molecule has 1 heterocycles. The second-order valence-corrected chi connectivity index (χ2v) is 3.46. The SMILES string of the molecule is N#CC(C#N)=NNc1ccc2c(c1)NC(=O)CN2. The summed E-state index contributed by atoms with van der Waals surface area (Å²) in [5.41, 5.74) is 4.31. The fourth-order valence-electron chi connectivity index (χ4n) is 1.44. The molecule has 7 heteroatoms. The van der Waals surface area contributed by atoms with Gasteiger partial charge in [0.25, 0.3) is 0 Å². The zero-order chi connectivity index (χ0) is 13.0. The van der Waals surface area contributed by atoms with Crippen LogP contribution >= 0.6 is 0 Å². The van der Waals surface area contributed by atoms with E-state index in [4.69, 9.17) is 10.5 Å². The summed E-state index contributed by atoms with van der Waals surface area (Å²) in [6.45, 7) is 0.241. The molecule has 0 bridgehead atoms. The van der Waals surface area contributed by atoms with Gasteiger partial charge in [-0.25, -0.2) is 0 Å². The zero-order valence-corrected chi connectivity index (χ0v) is 9.19. The Morgan fingerprint density at radius 2 is 2.11 bits per heavy atom. The molecule has 0 radical (unpaired) electrons. The number of fused-ring (bicyclic) bond motifs is 1. The maximum atomic E-state index is 11.2. The van der Waals surface area contributed by atoms with Crippen molar-refractivity contribution < 1.29 is 4.79 Å². The number of hydrogen-bond acceptors (Lipinski definition) is 6. The molecule has 3 N–H and O–H groups in total. The van der Waals surface area contributed by atoms with Crippen molar-refractivity contribution in [3.63, 3.8) is 0 Å². The molecule has 1 aromatic rings. The van der Waals surface area contributed by atoms with Gasteiger partial charge in [-0.3, -0.25) is 10.2 Å². The third-order valence-corrected chi connectivity index (χ3v) is 2.24. The average Bonchev–Trinajstić information content (AvgIpc) is 2.39. The van der Waals surface area contributed by atoms with Gasteiger partial charge in [0.1, 0.15) is 12.1 Å². The maximum Gasteiger partial charge on any atom is 0.243 e. The van der Waals surface area contributed by atoms with E-state index in [9.17, 15) is 4.79 Å². The molecule has 0 saturated heterocycles. The Bertz CT molecular complexity index is 591. The number of rotatable bonds is 2. The lowest BCUT2D eigenvalue weighted by molar-refractivity contribution is -0.114. The summed E-state index contributed by atoms with van der Waals surface area (Å²) in [4.78, 5) is 11.2. The second-order valence-electron chi connectivity index (χ2n) is 3.46. The van der Waals surface area contributed by atoms with Crippen LogP contribution in [0.4, 0.5) is 17.1 Å². The van der Waals surface area contributed by atoms with Crippen LogP contribution in [0.2, 0.25) is 0 Å². The lowest BCUT2D eigenvalue weighted by atomic mass is 10.2. The van der Waals surface area contributed by atoms with E-state index in [1.165, 1.54) is 0 Å². The van der Waals surface area contributed by atoms with Crippen molar-refractivity contribution in [2.45, 2.75) is 0 Å². The summed E-state index contributed by atoms with van der Waals surface area (Å²) >= 11 is 0. The number of hydrazone groups is 1. The van der Waals surface area contributed by atoms with Crippen LogP contribution in [0.15, 0.2) is 23.3 Å². The van der Waals surface area contributed by atoms with Crippen molar-refractivity contribution in [2.75, 3.05) is 22.6 Å². The Balaban J connectivity index is 2.20. The van der Waals surface area contributed by atoms with Gasteiger partial charge in [0.05, 0.1) is 23.6 Å². The van der Waals surface area contributed by atoms with Gasteiger partial charge >= 0.3 is 0 Å². The second kappa shape index (κ2) is 4.85. The molecule has 0 atom stereocenters. The largest absolute Gasteiger partial charge is 0.374 e. The van der Waals surface area contributed by atoms with Gasteiger partial charge in [0.2, 0.25) is 11.6 Å². The molecule has 0 aromatic heterocycles. The highest BCUT2D eigenvalue weighted by atomic mass is 16.2. The van der Waals surface area contributed by atoms with Crippen LogP contribution in [-0.2, 0) is 4.79 Å². The van der Waals surface area contributed by atoms with Gasteiger partial charge in [-0.1, -0.05) is 0 Å². The molecule has 0 aliphatic carbocycles. The number of anilines is 3. The smallest absolute Gasteiger partial charge is 0.243 e. The normalized spacial score (nSPS) is 12.0. The quantitative estimate of drug-likeness (QED) is 0.524. The monoisotopic (exact) mass is 240 g/mol. The highest BCUT2D eigenvalue weighted by Gasteiger charge is 2.13. The topological polar surface area (TPSA) is 113 Å². The lowest BCUT2D eigenvalue weighted by Gasteiger charge is -2.19. The van der Waals surface area contributed by atoms with E-state index >= 15 is 0 Å². The van der Waals surface area contributed by atoms with Crippen molar-refractivity contribution in [3.8, 4) is 12.1 Å². The molecule has 2 rings (SSSR count). The van der Waals surface area contributed by atoms with E-state index in [-0.39, 0.29) is 18.2 Å². The van der Waals surface area contributed by atoms with Crippen LogP contribution in [-0.4, -0.2) is 18.2 Å². The Morgan fingerprint density at radius 1 is 1.33 bits per heavy atom. The molecule has 1 aliphatic rings. The average molecular weight is 240 g/mol.